The molecule has 0 bridgehead atoms. The first kappa shape index (κ1) is 16.2. The summed E-state index contributed by atoms with van der Waals surface area (Å²) in [7, 11) is 0. The van der Waals surface area contributed by atoms with Crippen LogP contribution >= 0.6 is 22.9 Å². The molecule has 0 saturated heterocycles. The van der Waals surface area contributed by atoms with E-state index >= 15 is 0 Å². The Hall–Kier alpha value is -2.31. The summed E-state index contributed by atoms with van der Waals surface area (Å²) in [6.45, 7) is 2.64. The lowest BCUT2D eigenvalue weighted by atomic mass is 10.1. The number of aryl methyl sites for hydroxylation is 1. The van der Waals surface area contributed by atoms with E-state index in [1.807, 2.05) is 0 Å². The average molecular weight is 378 g/mol. The van der Waals surface area contributed by atoms with Crippen molar-refractivity contribution in [2.75, 3.05) is 18.5 Å². The Morgan fingerprint density at radius 1 is 1.24 bits per heavy atom. The summed E-state index contributed by atoms with van der Waals surface area (Å²) < 4.78 is 25.7. The van der Waals surface area contributed by atoms with Crippen molar-refractivity contribution in [1.29, 1.82) is 0 Å². The molecule has 2 aromatic carbocycles. The number of benzene rings is 2. The number of halogens is 2. The van der Waals surface area contributed by atoms with Gasteiger partial charge in [0, 0.05) is 22.2 Å². The lowest BCUT2D eigenvalue weighted by molar-refractivity contribution is 0.103. The van der Waals surface area contributed by atoms with Gasteiger partial charge in [-0.15, -0.1) is 11.3 Å². The standard InChI is InChI=1S/C18H13ClFNO3S/c1-9-16-11(20)3-2-4-15(16)25-17(9)18(22)21-12-8-14-13(7-10(12)19)23-5-6-24-14/h2-4,7-8H,5-6H2,1H3,(H,21,22). The molecule has 4 nitrogen and oxygen atoms in total. The molecule has 0 unspecified atom stereocenters. The number of carbonyl (C=O) groups is 1. The summed E-state index contributed by atoms with van der Waals surface area (Å²) in [6.07, 6.45) is 0. The molecule has 0 atom stereocenters. The van der Waals surface area contributed by atoms with Crippen LogP contribution in [-0.4, -0.2) is 19.1 Å². The zero-order valence-electron chi connectivity index (χ0n) is 13.2. The first-order valence-electron chi connectivity index (χ1n) is 7.62. The first-order chi connectivity index (χ1) is 12.0. The highest BCUT2D eigenvalue weighted by atomic mass is 35.5. The van der Waals surface area contributed by atoms with Crippen molar-refractivity contribution in [3.05, 3.63) is 51.6 Å². The molecule has 25 heavy (non-hydrogen) atoms. The highest BCUT2D eigenvalue weighted by Gasteiger charge is 2.20. The summed E-state index contributed by atoms with van der Waals surface area (Å²) in [5.41, 5.74) is 1.04. The number of carbonyl (C=O) groups excluding carboxylic acids is 1. The highest BCUT2D eigenvalue weighted by Crippen LogP contribution is 2.39. The molecule has 0 spiro atoms. The topological polar surface area (TPSA) is 47.6 Å². The minimum Gasteiger partial charge on any atom is -0.486 e. The Kier molecular flexibility index (Phi) is 4.01. The molecule has 0 radical (unpaired) electrons. The number of nitrogens with one attached hydrogen (secondary N) is 1. The normalized spacial score (nSPS) is 13.1. The van der Waals surface area contributed by atoms with Gasteiger partial charge in [-0.25, -0.2) is 4.39 Å². The van der Waals surface area contributed by atoms with Crippen LogP contribution in [-0.2, 0) is 0 Å². The van der Waals surface area contributed by atoms with Gasteiger partial charge >= 0.3 is 0 Å². The van der Waals surface area contributed by atoms with E-state index in [4.69, 9.17) is 21.1 Å². The quantitative estimate of drug-likeness (QED) is 0.681. The molecule has 0 fully saturated rings. The molecule has 0 aliphatic carbocycles. The molecule has 128 valence electrons. The predicted molar refractivity (Wildman–Crippen MR) is 96.9 cm³/mol. The Morgan fingerprint density at radius 3 is 2.68 bits per heavy atom. The van der Waals surface area contributed by atoms with Crippen LogP contribution in [0.15, 0.2) is 30.3 Å². The van der Waals surface area contributed by atoms with E-state index < -0.39 is 0 Å². The Morgan fingerprint density at radius 2 is 1.96 bits per heavy atom. The van der Waals surface area contributed by atoms with Gasteiger partial charge in [-0.1, -0.05) is 17.7 Å². The summed E-state index contributed by atoms with van der Waals surface area (Å²) in [5.74, 6) is 0.416. The third kappa shape index (κ3) is 2.81. The van der Waals surface area contributed by atoms with Gasteiger partial charge in [0.25, 0.3) is 5.91 Å². The van der Waals surface area contributed by atoms with Gasteiger partial charge < -0.3 is 14.8 Å². The van der Waals surface area contributed by atoms with Crippen molar-refractivity contribution in [3.8, 4) is 11.5 Å². The molecule has 2 heterocycles. The Bertz CT molecular complexity index is 1000. The van der Waals surface area contributed by atoms with Crippen LogP contribution in [0.5, 0.6) is 11.5 Å². The van der Waals surface area contributed by atoms with Crippen LogP contribution in [0.2, 0.25) is 5.02 Å². The SMILES string of the molecule is Cc1c(C(=O)Nc2cc3c(cc2Cl)OCCO3)sc2cccc(F)c12. The minimum absolute atomic E-state index is 0.331. The first-order valence-corrected chi connectivity index (χ1v) is 8.82. The van der Waals surface area contributed by atoms with Crippen LogP contribution in [0.4, 0.5) is 10.1 Å². The summed E-state index contributed by atoms with van der Waals surface area (Å²) in [4.78, 5) is 13.1. The summed E-state index contributed by atoms with van der Waals surface area (Å²) in [5, 5.41) is 3.61. The van der Waals surface area contributed by atoms with E-state index in [0.29, 0.717) is 51.2 Å². The van der Waals surface area contributed by atoms with Crippen molar-refractivity contribution in [3.63, 3.8) is 0 Å². The molecule has 0 saturated carbocycles. The van der Waals surface area contributed by atoms with Crippen LogP contribution in [0, 0.1) is 12.7 Å². The summed E-state index contributed by atoms with van der Waals surface area (Å²) in [6, 6.07) is 8.07. The van der Waals surface area contributed by atoms with Crippen molar-refractivity contribution >= 4 is 44.6 Å². The number of fused-ring (bicyclic) bond motifs is 2. The predicted octanol–water partition coefficient (Wildman–Crippen LogP) is 5.03. The van der Waals surface area contributed by atoms with Gasteiger partial charge in [0.1, 0.15) is 19.0 Å². The average Bonchev–Trinajstić information content (AvgIpc) is 2.94. The second-order valence-electron chi connectivity index (χ2n) is 5.60. The van der Waals surface area contributed by atoms with Crippen molar-refractivity contribution in [2.24, 2.45) is 0 Å². The molecule has 1 N–H and O–H groups in total. The number of amides is 1. The van der Waals surface area contributed by atoms with Crippen LogP contribution in [0.1, 0.15) is 15.2 Å². The maximum Gasteiger partial charge on any atom is 0.266 e. The Labute approximate surface area is 152 Å². The lowest BCUT2D eigenvalue weighted by Gasteiger charge is -2.20. The summed E-state index contributed by atoms with van der Waals surface area (Å²) >= 11 is 7.48. The van der Waals surface area contributed by atoms with E-state index in [0.717, 1.165) is 4.70 Å². The van der Waals surface area contributed by atoms with Crippen LogP contribution in [0.25, 0.3) is 10.1 Å². The van der Waals surface area contributed by atoms with E-state index in [1.165, 1.54) is 17.4 Å². The number of hydrogen-bond donors (Lipinski definition) is 1. The van der Waals surface area contributed by atoms with Crippen LogP contribution < -0.4 is 14.8 Å². The van der Waals surface area contributed by atoms with Gasteiger partial charge in [0.2, 0.25) is 0 Å². The lowest BCUT2D eigenvalue weighted by Crippen LogP contribution is -2.16. The second kappa shape index (κ2) is 6.20. The molecule has 3 aromatic rings. The van der Waals surface area contributed by atoms with E-state index in [2.05, 4.69) is 5.32 Å². The van der Waals surface area contributed by atoms with Gasteiger partial charge in [-0.2, -0.15) is 0 Å². The van der Waals surface area contributed by atoms with Crippen molar-refractivity contribution in [1.82, 2.24) is 0 Å². The maximum absolute atomic E-state index is 14.0. The maximum atomic E-state index is 14.0. The monoisotopic (exact) mass is 377 g/mol. The second-order valence-corrected chi connectivity index (χ2v) is 7.06. The largest absolute Gasteiger partial charge is 0.486 e. The van der Waals surface area contributed by atoms with Crippen LogP contribution in [0.3, 0.4) is 0 Å². The fourth-order valence-electron chi connectivity index (χ4n) is 2.81. The Balaban J connectivity index is 1.69. The van der Waals surface area contributed by atoms with Gasteiger partial charge in [0.15, 0.2) is 11.5 Å². The minimum atomic E-state index is -0.336. The van der Waals surface area contributed by atoms with Crippen molar-refractivity contribution in [2.45, 2.75) is 6.92 Å². The molecule has 7 heteroatoms. The molecule has 1 aromatic heterocycles. The third-order valence-electron chi connectivity index (χ3n) is 3.99. The van der Waals surface area contributed by atoms with E-state index in [1.54, 1.807) is 31.2 Å². The smallest absolute Gasteiger partial charge is 0.266 e. The zero-order valence-corrected chi connectivity index (χ0v) is 14.8. The van der Waals surface area contributed by atoms with Gasteiger partial charge in [-0.3, -0.25) is 4.79 Å². The highest BCUT2D eigenvalue weighted by molar-refractivity contribution is 7.21. The molecule has 1 amide bonds. The molecule has 1 aliphatic heterocycles. The third-order valence-corrected chi connectivity index (χ3v) is 5.56. The number of thiophene rings is 1. The molecule has 1 aliphatic rings. The molecule has 4 rings (SSSR count). The van der Waals surface area contributed by atoms with Gasteiger partial charge in [-0.05, 0) is 24.6 Å². The fourth-order valence-corrected chi connectivity index (χ4v) is 4.13. The molecular weight excluding hydrogens is 365 g/mol. The van der Waals surface area contributed by atoms with E-state index in [9.17, 15) is 9.18 Å². The fraction of sp³-hybridized carbons (Fsp3) is 0.167. The number of anilines is 1. The number of ether oxygens (including phenoxy) is 2. The zero-order chi connectivity index (χ0) is 17.6. The number of hydrogen-bond acceptors (Lipinski definition) is 4. The van der Waals surface area contributed by atoms with Crippen molar-refractivity contribution < 1.29 is 18.7 Å². The molecular formula is C18H13ClFNO3S. The number of rotatable bonds is 2. The van der Waals surface area contributed by atoms with E-state index in [-0.39, 0.29) is 11.7 Å². The van der Waals surface area contributed by atoms with Gasteiger partial charge in [0.05, 0.1) is 15.6 Å².